The van der Waals surface area contributed by atoms with E-state index in [1.165, 1.54) is 0 Å². The van der Waals surface area contributed by atoms with E-state index in [2.05, 4.69) is 10.2 Å². The summed E-state index contributed by atoms with van der Waals surface area (Å²) >= 11 is 0. The predicted molar refractivity (Wildman–Crippen MR) is 45.0 cm³/mol. The number of aromatic nitrogens is 3. The molecule has 13 heavy (non-hydrogen) atoms. The van der Waals surface area contributed by atoms with Crippen LogP contribution in [0.4, 0.5) is 0 Å². The van der Waals surface area contributed by atoms with E-state index in [1.807, 2.05) is 11.6 Å². The predicted octanol–water partition coefficient (Wildman–Crippen LogP) is 0.121. The Morgan fingerprint density at radius 1 is 1.77 bits per heavy atom. The molecule has 5 heteroatoms. The second-order valence-corrected chi connectivity index (χ2v) is 3.15. The highest BCUT2D eigenvalue weighted by Crippen LogP contribution is 2.09. The van der Waals surface area contributed by atoms with Crippen LogP contribution in [-0.4, -0.2) is 34.1 Å². The van der Waals surface area contributed by atoms with Gasteiger partial charge in [0.15, 0.2) is 5.82 Å². The average molecular weight is 183 g/mol. The number of nitrogens with zero attached hydrogens (tertiary/aromatic N) is 3. The Morgan fingerprint density at radius 3 is 3.31 bits per heavy atom. The molecule has 1 atom stereocenters. The molecule has 0 bridgehead atoms. The summed E-state index contributed by atoms with van der Waals surface area (Å²) in [5.74, 6) is 0.854. The molecule has 1 aliphatic rings. The van der Waals surface area contributed by atoms with Gasteiger partial charge in [-0.25, -0.2) is 0 Å². The second kappa shape index (κ2) is 3.85. The van der Waals surface area contributed by atoms with Gasteiger partial charge in [0.2, 0.25) is 0 Å². The molecule has 0 aliphatic carbocycles. The molecule has 0 radical (unpaired) electrons. The van der Waals surface area contributed by atoms with E-state index in [4.69, 9.17) is 9.47 Å². The van der Waals surface area contributed by atoms with E-state index < -0.39 is 0 Å². The molecule has 1 unspecified atom stereocenters. The summed E-state index contributed by atoms with van der Waals surface area (Å²) in [5.41, 5.74) is 0. The van der Waals surface area contributed by atoms with Gasteiger partial charge in [-0.2, -0.15) is 0 Å². The summed E-state index contributed by atoms with van der Waals surface area (Å²) in [6.07, 6.45) is 2.89. The van der Waals surface area contributed by atoms with Crippen LogP contribution in [0.25, 0.3) is 0 Å². The van der Waals surface area contributed by atoms with Crippen LogP contribution in [-0.2, 0) is 23.1 Å². The van der Waals surface area contributed by atoms with Crippen molar-refractivity contribution >= 4 is 0 Å². The minimum atomic E-state index is 0.233. The Kier molecular flexibility index (Phi) is 2.56. The highest BCUT2D eigenvalue weighted by molar-refractivity contribution is 4.81. The normalized spacial score (nSPS) is 22.4. The van der Waals surface area contributed by atoms with Gasteiger partial charge in [0.1, 0.15) is 12.9 Å². The molecule has 0 aromatic carbocycles. The molecule has 0 amide bonds. The third-order valence-corrected chi connectivity index (χ3v) is 2.14. The molecule has 0 spiro atoms. The first-order valence-corrected chi connectivity index (χ1v) is 4.38. The van der Waals surface area contributed by atoms with Gasteiger partial charge in [0.05, 0.1) is 12.7 Å². The lowest BCUT2D eigenvalue weighted by Gasteiger charge is -2.08. The Hall–Kier alpha value is -0.940. The van der Waals surface area contributed by atoms with Crippen LogP contribution in [0.1, 0.15) is 12.2 Å². The van der Waals surface area contributed by atoms with E-state index in [9.17, 15) is 0 Å². The molecule has 1 aromatic heterocycles. The lowest BCUT2D eigenvalue weighted by atomic mass is 10.3. The van der Waals surface area contributed by atoms with Crippen LogP contribution < -0.4 is 0 Å². The van der Waals surface area contributed by atoms with E-state index in [0.29, 0.717) is 13.2 Å². The topological polar surface area (TPSA) is 49.2 Å². The number of hydrogen-bond acceptors (Lipinski definition) is 4. The standard InChI is InChI=1S/C8H13N3O2/c1-11-6-9-10-8(11)5-13-7-2-3-12-4-7/h6-7H,2-5H2,1H3. The minimum Gasteiger partial charge on any atom is -0.379 e. The van der Waals surface area contributed by atoms with Crippen molar-refractivity contribution in [1.82, 2.24) is 14.8 Å². The van der Waals surface area contributed by atoms with Crippen LogP contribution in [0.3, 0.4) is 0 Å². The molecule has 1 aromatic rings. The van der Waals surface area contributed by atoms with E-state index in [0.717, 1.165) is 18.9 Å². The minimum absolute atomic E-state index is 0.233. The third kappa shape index (κ3) is 2.05. The maximum atomic E-state index is 5.58. The van der Waals surface area contributed by atoms with Crippen molar-refractivity contribution in [2.45, 2.75) is 19.1 Å². The van der Waals surface area contributed by atoms with Crippen molar-refractivity contribution in [1.29, 1.82) is 0 Å². The molecule has 0 N–H and O–H groups in total. The van der Waals surface area contributed by atoms with Crippen LogP contribution in [0.2, 0.25) is 0 Å². The first kappa shape index (κ1) is 8.65. The van der Waals surface area contributed by atoms with Gasteiger partial charge in [-0.3, -0.25) is 0 Å². The zero-order valence-corrected chi connectivity index (χ0v) is 7.64. The maximum Gasteiger partial charge on any atom is 0.158 e. The first-order valence-electron chi connectivity index (χ1n) is 4.38. The van der Waals surface area contributed by atoms with Crippen molar-refractivity contribution in [3.05, 3.63) is 12.2 Å². The largest absolute Gasteiger partial charge is 0.379 e. The molecule has 5 nitrogen and oxygen atoms in total. The lowest BCUT2D eigenvalue weighted by Crippen LogP contribution is -2.13. The Balaban J connectivity index is 1.82. The molecule has 1 aliphatic heterocycles. The fraction of sp³-hybridized carbons (Fsp3) is 0.750. The van der Waals surface area contributed by atoms with E-state index in [1.54, 1.807) is 6.33 Å². The molecule has 2 heterocycles. The van der Waals surface area contributed by atoms with Gasteiger partial charge in [-0.15, -0.1) is 10.2 Å². The second-order valence-electron chi connectivity index (χ2n) is 3.15. The van der Waals surface area contributed by atoms with Gasteiger partial charge in [0, 0.05) is 13.7 Å². The smallest absolute Gasteiger partial charge is 0.158 e. The summed E-state index contributed by atoms with van der Waals surface area (Å²) < 4.78 is 12.6. The molecule has 2 rings (SSSR count). The molecule has 0 saturated carbocycles. The maximum absolute atomic E-state index is 5.58. The SMILES string of the molecule is Cn1cnnc1COC1CCOC1. The first-order chi connectivity index (χ1) is 6.36. The average Bonchev–Trinajstić information content (AvgIpc) is 2.72. The van der Waals surface area contributed by atoms with Crippen molar-refractivity contribution in [3.63, 3.8) is 0 Å². The summed E-state index contributed by atoms with van der Waals surface area (Å²) in [7, 11) is 1.91. The molecule has 1 fully saturated rings. The summed E-state index contributed by atoms with van der Waals surface area (Å²) in [6, 6.07) is 0. The molecular weight excluding hydrogens is 170 g/mol. The lowest BCUT2D eigenvalue weighted by molar-refractivity contribution is 0.0272. The van der Waals surface area contributed by atoms with Gasteiger partial charge < -0.3 is 14.0 Å². The third-order valence-electron chi connectivity index (χ3n) is 2.14. The Labute approximate surface area is 76.7 Å². The van der Waals surface area contributed by atoms with Gasteiger partial charge in [-0.05, 0) is 6.42 Å². The highest BCUT2D eigenvalue weighted by Gasteiger charge is 2.16. The zero-order chi connectivity index (χ0) is 9.10. The quantitative estimate of drug-likeness (QED) is 0.668. The van der Waals surface area contributed by atoms with E-state index >= 15 is 0 Å². The van der Waals surface area contributed by atoms with Gasteiger partial charge in [0.25, 0.3) is 0 Å². The number of ether oxygens (including phenoxy) is 2. The van der Waals surface area contributed by atoms with Crippen molar-refractivity contribution < 1.29 is 9.47 Å². The fourth-order valence-corrected chi connectivity index (χ4v) is 1.27. The number of hydrogen-bond donors (Lipinski definition) is 0. The van der Waals surface area contributed by atoms with Crippen LogP contribution in [0.5, 0.6) is 0 Å². The summed E-state index contributed by atoms with van der Waals surface area (Å²) in [4.78, 5) is 0. The molecule has 1 saturated heterocycles. The Bertz CT molecular complexity index is 268. The van der Waals surface area contributed by atoms with Crippen LogP contribution in [0.15, 0.2) is 6.33 Å². The molecule has 72 valence electrons. The van der Waals surface area contributed by atoms with Crippen molar-refractivity contribution in [3.8, 4) is 0 Å². The zero-order valence-electron chi connectivity index (χ0n) is 7.64. The fourth-order valence-electron chi connectivity index (χ4n) is 1.27. The van der Waals surface area contributed by atoms with Crippen LogP contribution in [0, 0.1) is 0 Å². The highest BCUT2D eigenvalue weighted by atomic mass is 16.5. The van der Waals surface area contributed by atoms with Crippen LogP contribution >= 0.6 is 0 Å². The molecular formula is C8H13N3O2. The summed E-state index contributed by atoms with van der Waals surface area (Å²) in [6.45, 7) is 2.03. The van der Waals surface area contributed by atoms with Gasteiger partial charge in [-0.1, -0.05) is 0 Å². The van der Waals surface area contributed by atoms with Gasteiger partial charge >= 0.3 is 0 Å². The monoisotopic (exact) mass is 183 g/mol. The number of aryl methyl sites for hydroxylation is 1. The summed E-state index contributed by atoms with van der Waals surface area (Å²) in [5, 5.41) is 7.69. The number of rotatable bonds is 3. The Morgan fingerprint density at radius 2 is 2.69 bits per heavy atom. The van der Waals surface area contributed by atoms with E-state index in [-0.39, 0.29) is 6.10 Å². The van der Waals surface area contributed by atoms with Crippen molar-refractivity contribution in [2.75, 3.05) is 13.2 Å². The van der Waals surface area contributed by atoms with Crippen molar-refractivity contribution in [2.24, 2.45) is 7.05 Å².